The lowest BCUT2D eigenvalue weighted by Gasteiger charge is -2.32. The molecule has 2 N–H and O–H groups in total. The molecule has 0 aliphatic carbocycles. The number of nitrogens with one attached hydrogen (secondary N) is 1. The highest BCUT2D eigenvalue weighted by Crippen LogP contribution is 2.09. The van der Waals surface area contributed by atoms with Gasteiger partial charge in [-0.05, 0) is 26.7 Å². The van der Waals surface area contributed by atoms with Crippen LogP contribution in [-0.4, -0.2) is 65.0 Å². The van der Waals surface area contributed by atoms with Gasteiger partial charge in [-0.1, -0.05) is 0 Å². The first-order valence-corrected chi connectivity index (χ1v) is 6.96. The molecule has 0 bridgehead atoms. The third kappa shape index (κ3) is 5.07. The molecule has 1 rings (SSSR count). The normalized spacial score (nSPS) is 15.8. The maximum absolute atomic E-state index is 12.4. The van der Waals surface area contributed by atoms with E-state index in [-0.39, 0.29) is 30.9 Å². The van der Waals surface area contributed by atoms with E-state index in [0.29, 0.717) is 26.1 Å². The first-order valence-electron chi connectivity index (χ1n) is 6.96. The fourth-order valence-electron chi connectivity index (χ4n) is 2.13. The van der Waals surface area contributed by atoms with Crippen molar-refractivity contribution in [1.29, 1.82) is 0 Å². The molecule has 1 aliphatic heterocycles. The minimum Gasteiger partial charge on any atom is -0.481 e. The summed E-state index contributed by atoms with van der Waals surface area (Å²) in [5.41, 5.74) is 0. The molecule has 7 nitrogen and oxygen atoms in total. The monoisotopic (exact) mass is 285 g/mol. The van der Waals surface area contributed by atoms with Crippen molar-refractivity contribution in [2.75, 3.05) is 26.2 Å². The quantitative estimate of drug-likeness (QED) is 0.770. The number of rotatable bonds is 5. The third-order valence-electron chi connectivity index (χ3n) is 3.19. The minimum atomic E-state index is -0.865. The van der Waals surface area contributed by atoms with Gasteiger partial charge in [-0.3, -0.25) is 9.59 Å². The third-order valence-corrected chi connectivity index (χ3v) is 3.19. The topological polar surface area (TPSA) is 90.0 Å². The van der Waals surface area contributed by atoms with E-state index in [1.54, 1.807) is 4.90 Å². The van der Waals surface area contributed by atoms with Gasteiger partial charge in [-0.15, -0.1) is 0 Å². The van der Waals surface area contributed by atoms with Gasteiger partial charge in [0.05, 0.1) is 0 Å². The molecule has 0 unspecified atom stereocenters. The van der Waals surface area contributed by atoms with Gasteiger partial charge in [0.2, 0.25) is 5.91 Å². The second-order valence-electron chi connectivity index (χ2n) is 5.19. The molecule has 1 heterocycles. The van der Waals surface area contributed by atoms with Crippen LogP contribution in [0.3, 0.4) is 0 Å². The van der Waals surface area contributed by atoms with E-state index in [9.17, 15) is 14.4 Å². The van der Waals surface area contributed by atoms with Gasteiger partial charge in [-0.25, -0.2) is 4.79 Å². The number of urea groups is 1. The number of hydrogen-bond acceptors (Lipinski definition) is 3. The Morgan fingerprint density at radius 2 is 2.15 bits per heavy atom. The van der Waals surface area contributed by atoms with Gasteiger partial charge in [0, 0.05) is 32.1 Å². The van der Waals surface area contributed by atoms with Crippen LogP contribution in [0.15, 0.2) is 0 Å². The molecule has 3 amide bonds. The van der Waals surface area contributed by atoms with Gasteiger partial charge in [-0.2, -0.15) is 0 Å². The molecular formula is C13H23N3O4. The summed E-state index contributed by atoms with van der Waals surface area (Å²) >= 11 is 0. The molecule has 0 aromatic heterocycles. The molecule has 7 heteroatoms. The summed E-state index contributed by atoms with van der Waals surface area (Å²) < 4.78 is 0. The van der Waals surface area contributed by atoms with Crippen LogP contribution in [0.1, 0.15) is 33.1 Å². The Morgan fingerprint density at radius 1 is 1.45 bits per heavy atom. The van der Waals surface area contributed by atoms with Crippen molar-refractivity contribution in [3.8, 4) is 0 Å². The summed E-state index contributed by atoms with van der Waals surface area (Å²) in [5, 5.41) is 11.4. The molecule has 0 saturated carbocycles. The van der Waals surface area contributed by atoms with E-state index >= 15 is 0 Å². The lowest BCUT2D eigenvalue weighted by Crippen LogP contribution is -2.48. The summed E-state index contributed by atoms with van der Waals surface area (Å²) in [5.74, 6) is -1.01. The predicted molar refractivity (Wildman–Crippen MR) is 73.3 cm³/mol. The van der Waals surface area contributed by atoms with Crippen LogP contribution in [0.25, 0.3) is 0 Å². The molecule has 20 heavy (non-hydrogen) atoms. The van der Waals surface area contributed by atoms with E-state index in [1.165, 1.54) is 4.90 Å². The van der Waals surface area contributed by atoms with Crippen LogP contribution in [0.4, 0.5) is 4.79 Å². The highest BCUT2D eigenvalue weighted by atomic mass is 16.4. The Morgan fingerprint density at radius 3 is 2.75 bits per heavy atom. The van der Waals surface area contributed by atoms with Crippen molar-refractivity contribution in [2.24, 2.45) is 0 Å². The largest absolute Gasteiger partial charge is 0.481 e. The van der Waals surface area contributed by atoms with Crippen molar-refractivity contribution >= 4 is 17.9 Å². The summed E-state index contributed by atoms with van der Waals surface area (Å²) in [6.45, 7) is 5.36. The average molecular weight is 285 g/mol. The Kier molecular flexibility index (Phi) is 6.27. The number of hydrogen-bond donors (Lipinski definition) is 2. The zero-order chi connectivity index (χ0) is 15.1. The number of carbonyl (C=O) groups is 3. The fraction of sp³-hybridized carbons (Fsp3) is 0.769. The van der Waals surface area contributed by atoms with E-state index in [0.717, 1.165) is 6.42 Å². The maximum Gasteiger partial charge on any atom is 0.320 e. The molecule has 0 radical (unpaired) electrons. The SMILES string of the molecule is CC(C)N(CCCC(=O)O)C(=O)N1CCCNC(=O)C1. The van der Waals surface area contributed by atoms with Crippen LogP contribution < -0.4 is 5.32 Å². The zero-order valence-corrected chi connectivity index (χ0v) is 12.1. The fourth-order valence-corrected chi connectivity index (χ4v) is 2.13. The van der Waals surface area contributed by atoms with E-state index in [4.69, 9.17) is 5.11 Å². The first-order chi connectivity index (χ1) is 9.41. The molecule has 0 spiro atoms. The van der Waals surface area contributed by atoms with Crippen LogP contribution in [0, 0.1) is 0 Å². The van der Waals surface area contributed by atoms with E-state index in [1.807, 2.05) is 13.8 Å². The van der Waals surface area contributed by atoms with Gasteiger partial charge in [0.25, 0.3) is 0 Å². The Balaban J connectivity index is 2.62. The van der Waals surface area contributed by atoms with Crippen molar-refractivity contribution in [1.82, 2.24) is 15.1 Å². The van der Waals surface area contributed by atoms with Crippen molar-refractivity contribution < 1.29 is 19.5 Å². The van der Waals surface area contributed by atoms with E-state index in [2.05, 4.69) is 5.32 Å². The summed E-state index contributed by atoms with van der Waals surface area (Å²) in [6.07, 6.45) is 1.19. The number of aliphatic carboxylic acids is 1. The van der Waals surface area contributed by atoms with E-state index < -0.39 is 5.97 Å². The Hall–Kier alpha value is -1.79. The van der Waals surface area contributed by atoms with Crippen LogP contribution in [-0.2, 0) is 9.59 Å². The highest BCUT2D eigenvalue weighted by Gasteiger charge is 2.25. The molecule has 1 fully saturated rings. The van der Waals surface area contributed by atoms with Crippen LogP contribution in [0.2, 0.25) is 0 Å². The molecule has 0 atom stereocenters. The van der Waals surface area contributed by atoms with Gasteiger partial charge in [0.1, 0.15) is 6.54 Å². The second-order valence-corrected chi connectivity index (χ2v) is 5.19. The van der Waals surface area contributed by atoms with Crippen molar-refractivity contribution in [3.63, 3.8) is 0 Å². The Bertz CT molecular complexity index is 371. The van der Waals surface area contributed by atoms with Crippen LogP contribution >= 0.6 is 0 Å². The predicted octanol–water partition coefficient (Wildman–Crippen LogP) is 0.504. The number of amides is 3. The molecule has 1 saturated heterocycles. The molecule has 114 valence electrons. The van der Waals surface area contributed by atoms with Crippen molar-refractivity contribution in [3.05, 3.63) is 0 Å². The Labute approximate surface area is 118 Å². The number of carbonyl (C=O) groups excluding carboxylic acids is 2. The number of nitrogens with zero attached hydrogens (tertiary/aromatic N) is 2. The first kappa shape index (κ1) is 16.3. The minimum absolute atomic E-state index is 0.0254. The highest BCUT2D eigenvalue weighted by molar-refractivity contribution is 5.84. The summed E-state index contributed by atoms with van der Waals surface area (Å²) in [7, 11) is 0. The van der Waals surface area contributed by atoms with Crippen molar-refractivity contribution in [2.45, 2.75) is 39.2 Å². The molecule has 0 aromatic rings. The smallest absolute Gasteiger partial charge is 0.320 e. The molecule has 0 aromatic carbocycles. The summed E-state index contributed by atoms with van der Waals surface area (Å²) in [4.78, 5) is 37.6. The average Bonchev–Trinajstić information content (AvgIpc) is 2.58. The second kappa shape index (κ2) is 7.72. The zero-order valence-electron chi connectivity index (χ0n) is 12.1. The lowest BCUT2D eigenvalue weighted by atomic mass is 10.2. The lowest BCUT2D eigenvalue weighted by molar-refractivity contribution is -0.137. The van der Waals surface area contributed by atoms with Gasteiger partial charge < -0.3 is 20.2 Å². The van der Waals surface area contributed by atoms with Gasteiger partial charge in [0.15, 0.2) is 0 Å². The standard InChI is InChI=1S/C13H23N3O4/c1-10(2)16(8-3-5-12(18)19)13(20)15-7-4-6-14-11(17)9-15/h10H,3-9H2,1-2H3,(H,14,17)(H,18,19). The molecular weight excluding hydrogens is 262 g/mol. The summed E-state index contributed by atoms with van der Waals surface area (Å²) in [6, 6.07) is -0.218. The van der Waals surface area contributed by atoms with Gasteiger partial charge >= 0.3 is 12.0 Å². The number of carboxylic acid groups (broad SMARTS) is 1. The number of carboxylic acids is 1. The molecule has 1 aliphatic rings. The van der Waals surface area contributed by atoms with Crippen LogP contribution in [0.5, 0.6) is 0 Å². The maximum atomic E-state index is 12.4.